The fraction of sp³-hybridized carbons (Fsp3) is 0. The van der Waals surface area contributed by atoms with Crippen molar-refractivity contribution in [3.05, 3.63) is 376 Å². The first-order valence-electron chi connectivity index (χ1n) is 36.7. The van der Waals surface area contributed by atoms with Gasteiger partial charge in [0.05, 0.1) is 73.0 Å². The minimum absolute atomic E-state index is 0.594. The molecule has 21 aromatic rings. The van der Waals surface area contributed by atoms with Gasteiger partial charge in [-0.25, -0.2) is 44.9 Å². The normalized spacial score (nSPS) is 11.5. The van der Waals surface area contributed by atoms with Crippen LogP contribution in [0.15, 0.2) is 376 Å². The number of pyridine rings is 6. The molecule has 0 aliphatic rings. The molecule has 10 nitrogen and oxygen atoms in total. The number of aromatic nitrogens is 10. The monoisotopic (exact) mass is 1400 g/mol. The van der Waals surface area contributed by atoms with E-state index < -0.39 is 0 Å². The second kappa shape index (κ2) is 27.8. The maximum absolute atomic E-state index is 5.15. The summed E-state index contributed by atoms with van der Waals surface area (Å²) >= 11 is 0. The molecule has 0 amide bonds. The molecule has 0 spiro atoms. The van der Waals surface area contributed by atoms with E-state index in [1.54, 1.807) is 0 Å². The highest BCUT2D eigenvalue weighted by Gasteiger charge is 2.18. The zero-order valence-electron chi connectivity index (χ0n) is 59.3. The molecule has 0 atom stereocenters. The molecule has 0 saturated carbocycles. The number of benzene rings is 13. The molecule has 0 bridgehead atoms. The molecule has 8 heterocycles. The summed E-state index contributed by atoms with van der Waals surface area (Å²) in [5.41, 5.74) is 25.2. The summed E-state index contributed by atoms with van der Waals surface area (Å²) < 4.78 is 0. The summed E-state index contributed by atoms with van der Waals surface area (Å²) in [5, 5.41) is 11.4. The van der Waals surface area contributed by atoms with Crippen LogP contribution in [0.25, 0.3) is 211 Å². The maximum Gasteiger partial charge on any atom is 0.179 e. The molecule has 13 aromatic carbocycles. The van der Waals surface area contributed by atoms with Gasteiger partial charge in [-0.15, -0.1) is 0 Å². The molecular formula is C100H62N10. The predicted octanol–water partition coefficient (Wildman–Crippen LogP) is 24.9. The van der Waals surface area contributed by atoms with Crippen LogP contribution in [0.5, 0.6) is 0 Å². The Kier molecular flexibility index (Phi) is 16.3. The van der Waals surface area contributed by atoms with Gasteiger partial charge < -0.3 is 0 Å². The topological polar surface area (TPSA) is 129 Å². The van der Waals surface area contributed by atoms with Crippen LogP contribution >= 0.6 is 0 Å². The molecule has 0 saturated heterocycles. The smallest absolute Gasteiger partial charge is 0.179 e. The molecule has 21 rings (SSSR count). The summed E-state index contributed by atoms with van der Waals surface area (Å²) in [5.74, 6) is 1.20. The van der Waals surface area contributed by atoms with Crippen LogP contribution in [-0.2, 0) is 0 Å². The average Bonchev–Trinajstić information content (AvgIpc) is 0.767. The summed E-state index contributed by atoms with van der Waals surface area (Å²) in [6.07, 6.45) is 1.82. The molecule has 0 N–H and O–H groups in total. The standard InChI is InChI=1S/C52H32N6.C48H30N4/c1-3-8-33(9-4-1)48-32-49(34-10-5-2-6-11-34)58-52(57-48)47-28-23-42-31-40(21-26-46(42)55-47)39-20-25-45-41(30-39)22-27-43(54-45)35-13-15-36(16-14-35)44-24-19-38-18-17-37-12-7-29-53-50(37)51(38)56-44;1-3-11-31(12-4-1)46-30-47(32-13-5-2-6-14-32)52-48(51-46)45-26-22-37-28-34(20-24-43(37)50-45)33-19-23-42-36(27-33)21-25-44(49-42)41-29-35-15-7-8-16-38(35)39-17-9-10-18-40(39)41/h1-32H;1-30H. The van der Waals surface area contributed by atoms with E-state index in [9.17, 15) is 0 Å². The van der Waals surface area contributed by atoms with Crippen LogP contribution < -0.4 is 0 Å². The Morgan fingerprint density at radius 2 is 0.473 bits per heavy atom. The van der Waals surface area contributed by atoms with Crippen molar-refractivity contribution in [3.8, 4) is 124 Å². The molecule has 10 heteroatoms. The van der Waals surface area contributed by atoms with Crippen molar-refractivity contribution in [2.24, 2.45) is 0 Å². The third kappa shape index (κ3) is 12.6. The lowest BCUT2D eigenvalue weighted by Crippen LogP contribution is -1.97. The summed E-state index contributed by atoms with van der Waals surface area (Å²) in [6.45, 7) is 0. The van der Waals surface area contributed by atoms with Crippen molar-refractivity contribution in [3.63, 3.8) is 0 Å². The Morgan fingerprint density at radius 1 is 0.155 bits per heavy atom. The van der Waals surface area contributed by atoms with Crippen molar-refractivity contribution in [1.82, 2.24) is 49.8 Å². The molecule has 0 radical (unpaired) electrons. The SMILES string of the molecule is c1ccc(-c2cc(-c3ccccc3)nc(-c3ccc4cc(-c5ccc6nc(-c7cc8ccccc8c8ccccc78)ccc6c5)ccc4n3)n2)cc1.c1ccc(-c2cc(-c3ccccc3)nc(-c3ccc4cc(-c5ccc6nc(-c7ccc(-c8ccc9ccc%10cccnc%10c9n8)cc7)ccc6c5)ccc4n3)n2)cc1. The summed E-state index contributed by atoms with van der Waals surface area (Å²) in [7, 11) is 0. The summed E-state index contributed by atoms with van der Waals surface area (Å²) in [6, 6.07) is 128. The molecule has 110 heavy (non-hydrogen) atoms. The van der Waals surface area contributed by atoms with Gasteiger partial charge >= 0.3 is 0 Å². The third-order valence-corrected chi connectivity index (χ3v) is 20.6. The minimum Gasteiger partial charge on any atom is -0.254 e. The number of hydrogen-bond acceptors (Lipinski definition) is 10. The molecule has 0 fully saturated rings. The molecular weight excluding hydrogens is 1340 g/mol. The largest absolute Gasteiger partial charge is 0.254 e. The van der Waals surface area contributed by atoms with Gasteiger partial charge in [-0.2, -0.15) is 0 Å². The van der Waals surface area contributed by atoms with Gasteiger partial charge in [0, 0.05) is 77.5 Å². The Hall–Kier alpha value is -15.0. The number of hydrogen-bond donors (Lipinski definition) is 0. The van der Waals surface area contributed by atoms with Crippen molar-refractivity contribution < 1.29 is 0 Å². The lowest BCUT2D eigenvalue weighted by molar-refractivity contribution is 1.16. The van der Waals surface area contributed by atoms with E-state index in [1.807, 2.05) is 109 Å². The highest BCUT2D eigenvalue weighted by molar-refractivity contribution is 6.14. The van der Waals surface area contributed by atoms with Crippen molar-refractivity contribution in [2.45, 2.75) is 0 Å². The van der Waals surface area contributed by atoms with Crippen LogP contribution in [0.3, 0.4) is 0 Å². The quantitative estimate of drug-likeness (QED) is 0.115. The first-order chi connectivity index (χ1) is 54.4. The third-order valence-electron chi connectivity index (χ3n) is 20.6. The Morgan fingerprint density at radius 3 is 0.927 bits per heavy atom. The van der Waals surface area contributed by atoms with Crippen LogP contribution in [-0.4, -0.2) is 49.8 Å². The van der Waals surface area contributed by atoms with Crippen LogP contribution in [0.4, 0.5) is 0 Å². The molecule has 512 valence electrons. The van der Waals surface area contributed by atoms with Gasteiger partial charge in [-0.3, -0.25) is 4.98 Å². The second-order valence-corrected chi connectivity index (χ2v) is 27.5. The van der Waals surface area contributed by atoms with Crippen molar-refractivity contribution in [2.75, 3.05) is 0 Å². The van der Waals surface area contributed by atoms with E-state index in [1.165, 1.54) is 21.5 Å². The minimum atomic E-state index is 0.594. The first kappa shape index (κ1) is 64.6. The number of nitrogens with zero attached hydrogens (tertiary/aromatic N) is 10. The number of rotatable bonds is 11. The Labute approximate surface area is 633 Å². The zero-order chi connectivity index (χ0) is 72.9. The van der Waals surface area contributed by atoms with E-state index in [0.29, 0.717) is 11.6 Å². The highest BCUT2D eigenvalue weighted by Crippen LogP contribution is 2.39. The Bertz CT molecular complexity index is 7030. The van der Waals surface area contributed by atoms with Gasteiger partial charge in [0.15, 0.2) is 11.6 Å². The van der Waals surface area contributed by atoms with Crippen LogP contribution in [0, 0.1) is 0 Å². The Balaban J connectivity index is 0.000000145. The molecule has 0 aliphatic heterocycles. The second-order valence-electron chi connectivity index (χ2n) is 27.5. The lowest BCUT2D eigenvalue weighted by Gasteiger charge is -2.12. The maximum atomic E-state index is 5.15. The van der Waals surface area contributed by atoms with E-state index in [4.69, 9.17) is 44.9 Å². The average molecular weight is 1400 g/mol. The van der Waals surface area contributed by atoms with Crippen molar-refractivity contribution in [1.29, 1.82) is 0 Å². The van der Waals surface area contributed by atoms with E-state index in [0.717, 1.165) is 178 Å². The van der Waals surface area contributed by atoms with Gasteiger partial charge in [0.25, 0.3) is 0 Å². The van der Waals surface area contributed by atoms with E-state index in [-0.39, 0.29) is 0 Å². The van der Waals surface area contributed by atoms with Gasteiger partial charge in [-0.1, -0.05) is 267 Å². The summed E-state index contributed by atoms with van der Waals surface area (Å²) in [4.78, 5) is 49.8. The van der Waals surface area contributed by atoms with Crippen LogP contribution in [0.1, 0.15) is 0 Å². The molecule has 0 unspecified atom stereocenters. The highest BCUT2D eigenvalue weighted by atomic mass is 14.9. The van der Waals surface area contributed by atoms with E-state index in [2.05, 4.69) is 272 Å². The van der Waals surface area contributed by atoms with Crippen molar-refractivity contribution >= 4 is 87.0 Å². The fourth-order valence-corrected chi connectivity index (χ4v) is 14.9. The fourth-order valence-electron chi connectivity index (χ4n) is 14.9. The van der Waals surface area contributed by atoms with Gasteiger partial charge in [0.1, 0.15) is 11.4 Å². The predicted molar refractivity (Wildman–Crippen MR) is 451 cm³/mol. The zero-order valence-corrected chi connectivity index (χ0v) is 59.3. The number of fused-ring (bicyclic) bond motifs is 10. The lowest BCUT2D eigenvalue weighted by atomic mass is 9.95. The van der Waals surface area contributed by atoms with E-state index >= 15 is 0 Å². The first-order valence-corrected chi connectivity index (χ1v) is 36.7. The van der Waals surface area contributed by atoms with Gasteiger partial charge in [0.2, 0.25) is 0 Å². The molecule has 0 aliphatic carbocycles. The van der Waals surface area contributed by atoms with Crippen LogP contribution in [0.2, 0.25) is 0 Å². The molecule has 8 aromatic heterocycles. The van der Waals surface area contributed by atoms with Gasteiger partial charge in [-0.05, 0) is 147 Å².